The van der Waals surface area contributed by atoms with Gasteiger partial charge in [-0.2, -0.15) is 0 Å². The second-order valence-corrected chi connectivity index (χ2v) is 3.37. The fraction of sp³-hybridized carbons (Fsp3) is 0.400. The van der Waals surface area contributed by atoms with Gasteiger partial charge in [-0.05, 0) is 25.0 Å². The Balaban J connectivity index is 2.80. The Kier molecular flexibility index (Phi) is 3.49. The van der Waals surface area contributed by atoms with Gasteiger partial charge in [-0.1, -0.05) is 6.92 Å². The number of aryl methyl sites for hydroxylation is 1. The molecule has 15 heavy (non-hydrogen) atoms. The molecule has 5 nitrogen and oxygen atoms in total. The Morgan fingerprint density at radius 3 is 2.87 bits per heavy atom. The third-order valence-corrected chi connectivity index (χ3v) is 2.18. The van der Waals surface area contributed by atoms with E-state index in [1.807, 2.05) is 6.92 Å². The van der Waals surface area contributed by atoms with Gasteiger partial charge in [-0.3, -0.25) is 0 Å². The molecular weight excluding hydrogens is 194 g/mol. The summed E-state index contributed by atoms with van der Waals surface area (Å²) in [6, 6.07) is 1.13. The number of nitrogen functional groups attached to an aromatic ring is 1. The zero-order valence-corrected chi connectivity index (χ0v) is 8.82. The molecule has 0 spiro atoms. The molecule has 82 valence electrons. The van der Waals surface area contributed by atoms with Crippen LogP contribution in [0.1, 0.15) is 18.9 Å². The van der Waals surface area contributed by atoms with Crippen molar-refractivity contribution in [3.8, 4) is 0 Å². The van der Waals surface area contributed by atoms with Gasteiger partial charge in [0, 0.05) is 0 Å². The molecule has 1 aromatic heterocycles. The number of aromatic nitrogens is 1. The Hall–Kier alpha value is -1.78. The van der Waals surface area contributed by atoms with Crippen LogP contribution in [0.25, 0.3) is 0 Å². The third kappa shape index (κ3) is 2.83. The predicted octanol–water partition coefficient (Wildman–Crippen LogP) is 1.25. The maximum atomic E-state index is 10.8. The van der Waals surface area contributed by atoms with Crippen LogP contribution < -0.4 is 11.1 Å². The van der Waals surface area contributed by atoms with Crippen LogP contribution in [0.2, 0.25) is 0 Å². The molecule has 0 saturated heterocycles. The van der Waals surface area contributed by atoms with Crippen LogP contribution in [0.15, 0.2) is 12.3 Å². The first-order valence-corrected chi connectivity index (χ1v) is 4.76. The average Bonchev–Trinajstić information content (AvgIpc) is 2.19. The molecule has 0 bridgehead atoms. The third-order valence-electron chi connectivity index (χ3n) is 2.18. The van der Waals surface area contributed by atoms with Crippen molar-refractivity contribution in [3.05, 3.63) is 17.8 Å². The van der Waals surface area contributed by atoms with E-state index < -0.39 is 12.0 Å². The van der Waals surface area contributed by atoms with Crippen molar-refractivity contribution in [2.45, 2.75) is 26.3 Å². The first-order valence-electron chi connectivity index (χ1n) is 4.76. The molecule has 0 radical (unpaired) electrons. The van der Waals surface area contributed by atoms with Gasteiger partial charge in [0.25, 0.3) is 0 Å². The van der Waals surface area contributed by atoms with Crippen LogP contribution in [0.4, 0.5) is 11.5 Å². The number of carbonyl (C=O) groups is 1. The number of carboxylic acids is 1. The minimum absolute atomic E-state index is 0.500. The summed E-state index contributed by atoms with van der Waals surface area (Å²) >= 11 is 0. The lowest BCUT2D eigenvalue weighted by atomic mass is 10.2. The van der Waals surface area contributed by atoms with Gasteiger partial charge in [0.15, 0.2) is 0 Å². The summed E-state index contributed by atoms with van der Waals surface area (Å²) in [5, 5.41) is 11.7. The zero-order chi connectivity index (χ0) is 11.4. The molecule has 1 rings (SSSR count). The maximum Gasteiger partial charge on any atom is 0.326 e. The van der Waals surface area contributed by atoms with Gasteiger partial charge >= 0.3 is 5.97 Å². The number of hydrogen-bond donors (Lipinski definition) is 3. The first-order chi connectivity index (χ1) is 7.04. The smallest absolute Gasteiger partial charge is 0.326 e. The van der Waals surface area contributed by atoms with E-state index >= 15 is 0 Å². The van der Waals surface area contributed by atoms with Gasteiger partial charge < -0.3 is 16.2 Å². The monoisotopic (exact) mass is 209 g/mol. The predicted molar refractivity (Wildman–Crippen MR) is 58.7 cm³/mol. The second-order valence-electron chi connectivity index (χ2n) is 3.37. The van der Waals surface area contributed by atoms with Crippen molar-refractivity contribution in [1.29, 1.82) is 0 Å². The molecule has 0 saturated carbocycles. The van der Waals surface area contributed by atoms with Crippen molar-refractivity contribution >= 4 is 17.5 Å². The van der Waals surface area contributed by atoms with Crippen LogP contribution in [-0.2, 0) is 4.79 Å². The summed E-state index contributed by atoms with van der Waals surface area (Å²) < 4.78 is 0. The zero-order valence-electron chi connectivity index (χ0n) is 8.82. The highest BCUT2D eigenvalue weighted by atomic mass is 16.4. The Labute approximate surface area is 88.3 Å². The average molecular weight is 209 g/mol. The fourth-order valence-electron chi connectivity index (χ4n) is 1.16. The fourth-order valence-corrected chi connectivity index (χ4v) is 1.16. The Morgan fingerprint density at radius 2 is 2.40 bits per heavy atom. The van der Waals surface area contributed by atoms with Crippen molar-refractivity contribution in [3.63, 3.8) is 0 Å². The molecule has 1 aromatic rings. The van der Waals surface area contributed by atoms with Gasteiger partial charge in [-0.25, -0.2) is 9.78 Å². The van der Waals surface area contributed by atoms with Crippen LogP contribution in [0, 0.1) is 6.92 Å². The normalized spacial score (nSPS) is 12.1. The summed E-state index contributed by atoms with van der Waals surface area (Å²) in [6.45, 7) is 3.65. The number of anilines is 2. The Bertz CT molecular complexity index is 366. The van der Waals surface area contributed by atoms with E-state index in [0.717, 1.165) is 5.56 Å². The van der Waals surface area contributed by atoms with Crippen molar-refractivity contribution < 1.29 is 9.90 Å². The molecule has 4 N–H and O–H groups in total. The molecule has 5 heteroatoms. The minimum Gasteiger partial charge on any atom is -0.480 e. The minimum atomic E-state index is -0.881. The highest BCUT2D eigenvalue weighted by molar-refractivity contribution is 5.76. The number of nitrogens with two attached hydrogens (primary N) is 1. The van der Waals surface area contributed by atoms with Crippen molar-refractivity contribution in [1.82, 2.24) is 4.98 Å². The van der Waals surface area contributed by atoms with E-state index in [-0.39, 0.29) is 0 Å². The SMILES string of the molecule is CCC(Nc1cc(C)c(N)cn1)C(=O)O. The quantitative estimate of drug-likeness (QED) is 0.694. The van der Waals surface area contributed by atoms with Gasteiger partial charge in [0.1, 0.15) is 11.9 Å². The molecule has 1 unspecified atom stereocenters. The number of nitrogens with zero attached hydrogens (tertiary/aromatic N) is 1. The summed E-state index contributed by atoms with van der Waals surface area (Å²) in [7, 11) is 0. The van der Waals surface area contributed by atoms with E-state index in [9.17, 15) is 4.79 Å². The summed E-state index contributed by atoms with van der Waals surface area (Å²) in [4.78, 5) is 14.8. The number of pyridine rings is 1. The number of carboxylic acid groups (broad SMARTS) is 1. The molecule has 0 amide bonds. The molecule has 1 heterocycles. The second kappa shape index (κ2) is 4.63. The first kappa shape index (κ1) is 11.3. The van der Waals surface area contributed by atoms with E-state index in [1.54, 1.807) is 13.0 Å². The van der Waals surface area contributed by atoms with E-state index in [1.165, 1.54) is 6.20 Å². The topological polar surface area (TPSA) is 88.2 Å². The number of rotatable bonds is 4. The van der Waals surface area contributed by atoms with E-state index in [4.69, 9.17) is 10.8 Å². The Morgan fingerprint density at radius 1 is 1.73 bits per heavy atom. The lowest BCUT2D eigenvalue weighted by Crippen LogP contribution is -2.28. The lowest BCUT2D eigenvalue weighted by Gasteiger charge is -2.13. The number of hydrogen-bond acceptors (Lipinski definition) is 4. The molecule has 0 aliphatic heterocycles. The van der Waals surface area contributed by atoms with Gasteiger partial charge in [-0.15, -0.1) is 0 Å². The highest BCUT2D eigenvalue weighted by Crippen LogP contribution is 2.14. The van der Waals surface area contributed by atoms with Crippen LogP contribution in [0.3, 0.4) is 0 Å². The summed E-state index contributed by atoms with van der Waals surface area (Å²) in [5.74, 6) is -0.343. The molecule has 0 aliphatic carbocycles. The van der Waals surface area contributed by atoms with Gasteiger partial charge in [0.2, 0.25) is 0 Å². The van der Waals surface area contributed by atoms with E-state index in [0.29, 0.717) is 17.9 Å². The van der Waals surface area contributed by atoms with Crippen molar-refractivity contribution in [2.24, 2.45) is 0 Å². The number of aliphatic carboxylic acids is 1. The molecule has 0 aliphatic rings. The largest absolute Gasteiger partial charge is 0.480 e. The van der Waals surface area contributed by atoms with Crippen LogP contribution >= 0.6 is 0 Å². The maximum absolute atomic E-state index is 10.8. The van der Waals surface area contributed by atoms with Gasteiger partial charge in [0.05, 0.1) is 11.9 Å². The summed E-state index contributed by atoms with van der Waals surface area (Å²) in [5.41, 5.74) is 7.09. The lowest BCUT2D eigenvalue weighted by molar-refractivity contribution is -0.137. The molecular formula is C10H15N3O2. The van der Waals surface area contributed by atoms with Crippen LogP contribution in [-0.4, -0.2) is 22.1 Å². The van der Waals surface area contributed by atoms with Crippen LogP contribution in [0.5, 0.6) is 0 Å². The standard InChI is InChI=1S/C10H15N3O2/c1-3-8(10(14)15)13-9-4-6(2)7(11)5-12-9/h4-5,8H,3,11H2,1-2H3,(H,12,13)(H,14,15). The molecule has 0 fully saturated rings. The van der Waals surface area contributed by atoms with E-state index in [2.05, 4.69) is 10.3 Å². The van der Waals surface area contributed by atoms with Crippen molar-refractivity contribution in [2.75, 3.05) is 11.1 Å². The molecule has 1 atom stereocenters. The number of nitrogens with one attached hydrogen (secondary N) is 1. The highest BCUT2D eigenvalue weighted by Gasteiger charge is 2.14. The summed E-state index contributed by atoms with van der Waals surface area (Å²) in [6.07, 6.45) is 2.02. The molecule has 0 aromatic carbocycles.